The number of rotatable bonds is 9. The van der Waals surface area contributed by atoms with Crippen molar-refractivity contribution in [3.05, 3.63) is 30.3 Å². The van der Waals surface area contributed by atoms with E-state index < -0.39 is 0 Å². The summed E-state index contributed by atoms with van der Waals surface area (Å²) in [6.07, 6.45) is 1.31. The highest BCUT2D eigenvalue weighted by atomic mass is 16.5. The van der Waals surface area contributed by atoms with Crippen LogP contribution in [0.5, 0.6) is 5.75 Å². The lowest BCUT2D eigenvalue weighted by Gasteiger charge is -2.26. The maximum atomic E-state index is 5.72. The molecule has 0 bridgehead atoms. The highest BCUT2D eigenvalue weighted by Gasteiger charge is 2.15. The van der Waals surface area contributed by atoms with Crippen molar-refractivity contribution in [3.63, 3.8) is 0 Å². The Morgan fingerprint density at radius 3 is 2.47 bits per heavy atom. The summed E-state index contributed by atoms with van der Waals surface area (Å²) in [4.78, 5) is 0. The highest BCUT2D eigenvalue weighted by molar-refractivity contribution is 5.20. The molecule has 0 saturated heterocycles. The first kappa shape index (κ1) is 16.0. The third-order valence-corrected chi connectivity index (χ3v) is 3.25. The molecule has 0 spiro atoms. The number of benzene rings is 1. The molecule has 1 aromatic rings. The Morgan fingerprint density at radius 1 is 1.16 bits per heavy atom. The van der Waals surface area contributed by atoms with E-state index in [4.69, 9.17) is 9.47 Å². The molecule has 0 aromatic heterocycles. The predicted octanol–water partition coefficient (Wildman–Crippen LogP) is 3.25. The van der Waals surface area contributed by atoms with E-state index in [1.807, 2.05) is 30.3 Å². The molecular formula is C16H27NO2. The largest absolute Gasteiger partial charge is 0.491 e. The van der Waals surface area contributed by atoms with Gasteiger partial charge in [0.25, 0.3) is 0 Å². The second kappa shape index (κ2) is 8.18. The van der Waals surface area contributed by atoms with Crippen LogP contribution in [-0.4, -0.2) is 31.4 Å². The topological polar surface area (TPSA) is 30.5 Å². The van der Waals surface area contributed by atoms with Crippen LogP contribution in [0.3, 0.4) is 0 Å². The first-order chi connectivity index (χ1) is 9.03. The second-order valence-corrected chi connectivity index (χ2v) is 5.46. The highest BCUT2D eigenvalue weighted by Crippen LogP contribution is 2.08. The molecule has 0 aliphatic carbocycles. The van der Waals surface area contributed by atoms with Gasteiger partial charge in [-0.1, -0.05) is 25.1 Å². The van der Waals surface area contributed by atoms with Crippen molar-refractivity contribution in [3.8, 4) is 5.75 Å². The molecule has 0 saturated carbocycles. The lowest BCUT2D eigenvalue weighted by molar-refractivity contribution is 0.0407. The van der Waals surface area contributed by atoms with Gasteiger partial charge in [0.05, 0.1) is 12.7 Å². The third kappa shape index (κ3) is 7.19. The van der Waals surface area contributed by atoms with Crippen molar-refractivity contribution < 1.29 is 9.47 Å². The standard InChI is InChI=1S/C16H27NO2/c1-5-16(3,4)17-13-14(2)18-11-12-19-15-9-7-6-8-10-15/h6-10,14,17H,5,11-13H2,1-4H3. The molecule has 0 fully saturated rings. The summed E-state index contributed by atoms with van der Waals surface area (Å²) in [5.74, 6) is 0.893. The fourth-order valence-electron chi connectivity index (χ4n) is 1.53. The maximum absolute atomic E-state index is 5.72. The van der Waals surface area contributed by atoms with Crippen LogP contribution >= 0.6 is 0 Å². The van der Waals surface area contributed by atoms with Gasteiger partial charge in [-0.2, -0.15) is 0 Å². The molecule has 108 valence electrons. The van der Waals surface area contributed by atoms with Gasteiger partial charge < -0.3 is 14.8 Å². The fourth-order valence-corrected chi connectivity index (χ4v) is 1.53. The Labute approximate surface area is 117 Å². The van der Waals surface area contributed by atoms with E-state index in [0.717, 1.165) is 18.7 Å². The van der Waals surface area contributed by atoms with E-state index >= 15 is 0 Å². The lowest BCUT2D eigenvalue weighted by atomic mass is 10.0. The van der Waals surface area contributed by atoms with Gasteiger partial charge in [-0.3, -0.25) is 0 Å². The third-order valence-electron chi connectivity index (χ3n) is 3.25. The zero-order valence-electron chi connectivity index (χ0n) is 12.6. The first-order valence-electron chi connectivity index (χ1n) is 7.08. The number of ether oxygens (including phenoxy) is 2. The van der Waals surface area contributed by atoms with E-state index in [0.29, 0.717) is 13.2 Å². The molecule has 1 rings (SSSR count). The minimum atomic E-state index is 0.179. The number of para-hydroxylation sites is 1. The van der Waals surface area contributed by atoms with Crippen molar-refractivity contribution in [2.24, 2.45) is 0 Å². The molecule has 1 aromatic carbocycles. The molecule has 1 N–H and O–H groups in total. The Hall–Kier alpha value is -1.06. The van der Waals surface area contributed by atoms with Gasteiger partial charge >= 0.3 is 0 Å². The Balaban J connectivity index is 2.09. The van der Waals surface area contributed by atoms with Crippen LogP contribution < -0.4 is 10.1 Å². The summed E-state index contributed by atoms with van der Waals surface area (Å²) in [5, 5.41) is 3.50. The van der Waals surface area contributed by atoms with E-state index in [-0.39, 0.29) is 11.6 Å². The number of nitrogens with one attached hydrogen (secondary N) is 1. The summed E-state index contributed by atoms with van der Waals surface area (Å²) in [5.41, 5.74) is 0.179. The molecule has 0 amide bonds. The van der Waals surface area contributed by atoms with Crippen molar-refractivity contribution in [1.82, 2.24) is 5.32 Å². The van der Waals surface area contributed by atoms with Gasteiger partial charge in [-0.25, -0.2) is 0 Å². The van der Waals surface area contributed by atoms with E-state index in [9.17, 15) is 0 Å². The van der Waals surface area contributed by atoms with Gasteiger partial charge in [0.2, 0.25) is 0 Å². The average Bonchev–Trinajstić information content (AvgIpc) is 2.43. The zero-order chi connectivity index (χ0) is 14.1. The van der Waals surface area contributed by atoms with Crippen molar-refractivity contribution in [1.29, 1.82) is 0 Å². The molecule has 0 aliphatic rings. The second-order valence-electron chi connectivity index (χ2n) is 5.46. The fraction of sp³-hybridized carbons (Fsp3) is 0.625. The van der Waals surface area contributed by atoms with Gasteiger partial charge in [0.1, 0.15) is 12.4 Å². The molecule has 0 radical (unpaired) electrons. The van der Waals surface area contributed by atoms with E-state index in [1.165, 1.54) is 0 Å². The molecule has 19 heavy (non-hydrogen) atoms. The smallest absolute Gasteiger partial charge is 0.119 e. The van der Waals surface area contributed by atoms with Crippen LogP contribution in [-0.2, 0) is 4.74 Å². The molecule has 0 aliphatic heterocycles. The van der Waals surface area contributed by atoms with E-state index in [1.54, 1.807) is 0 Å². The summed E-state index contributed by atoms with van der Waals surface area (Å²) < 4.78 is 11.3. The van der Waals surface area contributed by atoms with Crippen LogP contribution in [0.25, 0.3) is 0 Å². The Bertz CT molecular complexity index is 338. The monoisotopic (exact) mass is 265 g/mol. The maximum Gasteiger partial charge on any atom is 0.119 e. The van der Waals surface area contributed by atoms with Crippen LogP contribution in [0.15, 0.2) is 30.3 Å². The Morgan fingerprint density at radius 2 is 1.84 bits per heavy atom. The lowest BCUT2D eigenvalue weighted by Crippen LogP contribution is -2.43. The summed E-state index contributed by atoms with van der Waals surface area (Å²) in [7, 11) is 0. The number of hydrogen-bond donors (Lipinski definition) is 1. The quantitative estimate of drug-likeness (QED) is 0.695. The minimum Gasteiger partial charge on any atom is -0.491 e. The minimum absolute atomic E-state index is 0.179. The van der Waals surface area contributed by atoms with Crippen molar-refractivity contribution in [2.75, 3.05) is 19.8 Å². The normalized spacial score (nSPS) is 13.3. The summed E-state index contributed by atoms with van der Waals surface area (Å²) in [6.45, 7) is 10.8. The molecular weight excluding hydrogens is 238 g/mol. The van der Waals surface area contributed by atoms with Gasteiger partial charge in [0.15, 0.2) is 0 Å². The van der Waals surface area contributed by atoms with Crippen LogP contribution in [0.4, 0.5) is 0 Å². The molecule has 3 nitrogen and oxygen atoms in total. The van der Waals surface area contributed by atoms with Crippen LogP contribution in [0.1, 0.15) is 34.1 Å². The van der Waals surface area contributed by atoms with Gasteiger partial charge in [-0.15, -0.1) is 0 Å². The summed E-state index contributed by atoms with van der Waals surface area (Å²) >= 11 is 0. The van der Waals surface area contributed by atoms with E-state index in [2.05, 4.69) is 33.0 Å². The van der Waals surface area contributed by atoms with Crippen molar-refractivity contribution in [2.45, 2.75) is 45.8 Å². The van der Waals surface area contributed by atoms with Crippen LogP contribution in [0.2, 0.25) is 0 Å². The molecule has 3 heteroatoms. The molecule has 1 atom stereocenters. The first-order valence-corrected chi connectivity index (χ1v) is 7.08. The zero-order valence-corrected chi connectivity index (χ0v) is 12.6. The molecule has 0 heterocycles. The van der Waals surface area contributed by atoms with Crippen molar-refractivity contribution >= 4 is 0 Å². The van der Waals surface area contributed by atoms with Crippen LogP contribution in [0, 0.1) is 0 Å². The average molecular weight is 265 g/mol. The molecule has 1 unspecified atom stereocenters. The van der Waals surface area contributed by atoms with Gasteiger partial charge in [0, 0.05) is 12.1 Å². The predicted molar refractivity (Wildman–Crippen MR) is 79.7 cm³/mol. The Kier molecular flexibility index (Phi) is 6.89. The SMILES string of the molecule is CCC(C)(C)NCC(C)OCCOc1ccccc1. The summed E-state index contributed by atoms with van der Waals surface area (Å²) in [6, 6.07) is 9.82. The van der Waals surface area contributed by atoms with Gasteiger partial charge in [-0.05, 0) is 39.3 Å². The number of hydrogen-bond acceptors (Lipinski definition) is 3.